The molecule has 0 heterocycles. The van der Waals surface area contributed by atoms with Gasteiger partial charge in [0.15, 0.2) is 0 Å². The highest BCUT2D eigenvalue weighted by Gasteiger charge is 2.09. The molecule has 3 N–H and O–H groups in total. The molecule has 0 aromatic heterocycles. The van der Waals surface area contributed by atoms with Crippen molar-refractivity contribution in [1.82, 2.24) is 0 Å². The van der Waals surface area contributed by atoms with Gasteiger partial charge in [0.25, 0.3) is 0 Å². The first-order valence-corrected chi connectivity index (χ1v) is 4.95. The molecule has 1 atom stereocenters. The molecular weight excluding hydrogens is 195 g/mol. The SMILES string of the molecule is CC(O)CCN(C)c1cccc(F)c1N. The molecule has 0 radical (unpaired) electrons. The lowest BCUT2D eigenvalue weighted by Gasteiger charge is -2.21. The van der Waals surface area contributed by atoms with Gasteiger partial charge in [-0.3, -0.25) is 0 Å². The van der Waals surface area contributed by atoms with Crippen LogP contribution < -0.4 is 10.6 Å². The van der Waals surface area contributed by atoms with E-state index in [1.165, 1.54) is 6.07 Å². The second-order valence-corrected chi connectivity index (χ2v) is 3.73. The highest BCUT2D eigenvalue weighted by molar-refractivity contribution is 5.67. The first-order chi connectivity index (χ1) is 7.02. The number of aliphatic hydroxyl groups excluding tert-OH is 1. The van der Waals surface area contributed by atoms with Gasteiger partial charge < -0.3 is 15.7 Å². The monoisotopic (exact) mass is 212 g/mol. The molecule has 0 spiro atoms. The highest BCUT2D eigenvalue weighted by Crippen LogP contribution is 2.24. The number of aliphatic hydroxyl groups is 1. The normalized spacial score (nSPS) is 12.5. The van der Waals surface area contributed by atoms with E-state index in [4.69, 9.17) is 10.8 Å². The molecule has 0 aliphatic carbocycles. The summed E-state index contributed by atoms with van der Waals surface area (Å²) in [6.45, 7) is 2.37. The van der Waals surface area contributed by atoms with Crippen LogP contribution in [0.4, 0.5) is 15.8 Å². The summed E-state index contributed by atoms with van der Waals surface area (Å²) < 4.78 is 13.1. The topological polar surface area (TPSA) is 49.5 Å². The molecule has 15 heavy (non-hydrogen) atoms. The number of nitrogens with two attached hydrogens (primary N) is 1. The van der Waals surface area contributed by atoms with Crippen LogP contribution in [0.2, 0.25) is 0 Å². The Morgan fingerprint density at radius 3 is 2.80 bits per heavy atom. The third-order valence-electron chi connectivity index (χ3n) is 2.32. The van der Waals surface area contributed by atoms with Gasteiger partial charge in [-0.25, -0.2) is 4.39 Å². The number of benzene rings is 1. The summed E-state index contributed by atoms with van der Waals surface area (Å²) in [5.41, 5.74) is 6.43. The minimum absolute atomic E-state index is 0.158. The minimum Gasteiger partial charge on any atom is -0.395 e. The molecule has 0 aliphatic rings. The number of rotatable bonds is 4. The molecule has 3 nitrogen and oxygen atoms in total. The first kappa shape index (κ1) is 11.8. The fraction of sp³-hybridized carbons (Fsp3) is 0.455. The Kier molecular flexibility index (Phi) is 3.91. The Morgan fingerprint density at radius 2 is 2.20 bits per heavy atom. The third-order valence-corrected chi connectivity index (χ3v) is 2.32. The van der Waals surface area contributed by atoms with E-state index in [1.807, 2.05) is 11.9 Å². The largest absolute Gasteiger partial charge is 0.395 e. The van der Waals surface area contributed by atoms with E-state index in [1.54, 1.807) is 19.1 Å². The quantitative estimate of drug-likeness (QED) is 0.745. The number of nitrogen functional groups attached to an aromatic ring is 1. The fourth-order valence-corrected chi connectivity index (χ4v) is 1.36. The van der Waals surface area contributed by atoms with Crippen molar-refractivity contribution in [1.29, 1.82) is 0 Å². The molecule has 0 fully saturated rings. The highest BCUT2D eigenvalue weighted by atomic mass is 19.1. The van der Waals surface area contributed by atoms with Gasteiger partial charge in [0.2, 0.25) is 0 Å². The summed E-state index contributed by atoms with van der Waals surface area (Å²) in [5.74, 6) is -0.406. The molecular formula is C11H17FN2O. The summed E-state index contributed by atoms with van der Waals surface area (Å²) >= 11 is 0. The lowest BCUT2D eigenvalue weighted by molar-refractivity contribution is 0.187. The van der Waals surface area contributed by atoms with Crippen molar-refractivity contribution in [3.8, 4) is 0 Å². The van der Waals surface area contributed by atoms with E-state index in [2.05, 4.69) is 0 Å². The zero-order chi connectivity index (χ0) is 11.4. The second-order valence-electron chi connectivity index (χ2n) is 3.73. The van der Waals surface area contributed by atoms with E-state index < -0.39 is 5.82 Å². The first-order valence-electron chi connectivity index (χ1n) is 4.95. The molecule has 1 rings (SSSR count). The Morgan fingerprint density at radius 1 is 1.53 bits per heavy atom. The van der Waals surface area contributed by atoms with Crippen LogP contribution in [-0.4, -0.2) is 24.8 Å². The average molecular weight is 212 g/mol. The van der Waals surface area contributed by atoms with Crippen molar-refractivity contribution in [3.63, 3.8) is 0 Å². The molecule has 0 saturated heterocycles. The Bertz CT molecular complexity index is 328. The summed E-state index contributed by atoms with van der Waals surface area (Å²) in [5, 5.41) is 9.14. The van der Waals surface area contributed by atoms with Gasteiger partial charge in [0.05, 0.1) is 17.5 Å². The van der Waals surface area contributed by atoms with Crippen molar-refractivity contribution in [2.75, 3.05) is 24.2 Å². The van der Waals surface area contributed by atoms with Gasteiger partial charge in [-0.1, -0.05) is 6.07 Å². The number of hydrogen-bond acceptors (Lipinski definition) is 3. The van der Waals surface area contributed by atoms with Crippen LogP contribution in [0.15, 0.2) is 18.2 Å². The summed E-state index contributed by atoms with van der Waals surface area (Å²) in [4.78, 5) is 1.84. The lowest BCUT2D eigenvalue weighted by Crippen LogP contribution is -2.23. The molecule has 1 unspecified atom stereocenters. The van der Waals surface area contributed by atoms with Crippen molar-refractivity contribution >= 4 is 11.4 Å². The van der Waals surface area contributed by atoms with Gasteiger partial charge in [0.1, 0.15) is 5.82 Å². The maximum Gasteiger partial charge on any atom is 0.148 e. The third kappa shape index (κ3) is 3.09. The number of para-hydroxylation sites is 1. The predicted molar refractivity (Wildman–Crippen MR) is 60.4 cm³/mol. The van der Waals surface area contributed by atoms with Crippen LogP contribution in [0, 0.1) is 5.82 Å². The fourth-order valence-electron chi connectivity index (χ4n) is 1.36. The van der Waals surface area contributed by atoms with E-state index in [-0.39, 0.29) is 11.8 Å². The van der Waals surface area contributed by atoms with Crippen molar-refractivity contribution < 1.29 is 9.50 Å². The Balaban J connectivity index is 2.73. The van der Waals surface area contributed by atoms with Gasteiger partial charge >= 0.3 is 0 Å². The van der Waals surface area contributed by atoms with E-state index in [0.717, 1.165) is 0 Å². The van der Waals surface area contributed by atoms with Crippen molar-refractivity contribution in [3.05, 3.63) is 24.0 Å². The van der Waals surface area contributed by atoms with Crippen LogP contribution in [0.5, 0.6) is 0 Å². The maximum atomic E-state index is 13.1. The van der Waals surface area contributed by atoms with Gasteiger partial charge in [0, 0.05) is 13.6 Å². The zero-order valence-electron chi connectivity index (χ0n) is 9.07. The van der Waals surface area contributed by atoms with Gasteiger partial charge in [-0.2, -0.15) is 0 Å². The Labute approximate surface area is 89.3 Å². The molecule has 4 heteroatoms. The second kappa shape index (κ2) is 4.98. The summed E-state index contributed by atoms with van der Waals surface area (Å²) in [6, 6.07) is 4.72. The molecule has 84 valence electrons. The van der Waals surface area contributed by atoms with Crippen LogP contribution in [-0.2, 0) is 0 Å². The van der Waals surface area contributed by atoms with E-state index in [0.29, 0.717) is 18.7 Å². The molecule has 1 aromatic rings. The van der Waals surface area contributed by atoms with Crippen LogP contribution in [0.3, 0.4) is 0 Å². The van der Waals surface area contributed by atoms with Crippen molar-refractivity contribution in [2.24, 2.45) is 0 Å². The van der Waals surface area contributed by atoms with E-state index >= 15 is 0 Å². The van der Waals surface area contributed by atoms with Gasteiger partial charge in [-0.05, 0) is 25.5 Å². The average Bonchev–Trinajstić information content (AvgIpc) is 2.18. The maximum absolute atomic E-state index is 13.1. The molecule has 0 amide bonds. The smallest absolute Gasteiger partial charge is 0.148 e. The van der Waals surface area contributed by atoms with Crippen LogP contribution >= 0.6 is 0 Å². The van der Waals surface area contributed by atoms with Gasteiger partial charge in [-0.15, -0.1) is 0 Å². The predicted octanol–water partition coefficient (Wildman–Crippen LogP) is 1.61. The number of anilines is 2. The number of hydrogen-bond donors (Lipinski definition) is 2. The summed E-state index contributed by atoms with van der Waals surface area (Å²) in [6.07, 6.45) is 0.272. The lowest BCUT2D eigenvalue weighted by atomic mass is 10.2. The molecule has 0 aliphatic heterocycles. The summed E-state index contributed by atoms with van der Waals surface area (Å²) in [7, 11) is 1.83. The Hall–Kier alpha value is -1.29. The molecule has 0 bridgehead atoms. The number of nitrogens with zero attached hydrogens (tertiary/aromatic N) is 1. The molecule has 1 aromatic carbocycles. The zero-order valence-corrected chi connectivity index (χ0v) is 9.07. The van der Waals surface area contributed by atoms with E-state index in [9.17, 15) is 4.39 Å². The van der Waals surface area contributed by atoms with Crippen LogP contribution in [0.1, 0.15) is 13.3 Å². The number of halogens is 1. The minimum atomic E-state index is -0.406. The standard InChI is InChI=1S/C11H17FN2O/c1-8(15)6-7-14(2)10-5-3-4-9(12)11(10)13/h3-5,8,15H,6-7,13H2,1-2H3. The molecule has 0 saturated carbocycles. The van der Waals surface area contributed by atoms with Crippen LogP contribution in [0.25, 0.3) is 0 Å². The van der Waals surface area contributed by atoms with Crippen molar-refractivity contribution in [2.45, 2.75) is 19.4 Å².